The molecule has 0 unspecified atom stereocenters. The molecule has 0 aliphatic carbocycles. The Balaban J connectivity index is 1.43. The molecule has 0 amide bonds. The van der Waals surface area contributed by atoms with Crippen molar-refractivity contribution in [2.75, 3.05) is 6.61 Å². The number of aromatic nitrogens is 5. The molecule has 12 nitrogen and oxygen atoms in total. The Labute approximate surface area is 178 Å². The van der Waals surface area contributed by atoms with Gasteiger partial charge in [0.15, 0.2) is 0 Å². The molecule has 0 spiro atoms. The first-order valence-electron chi connectivity index (χ1n) is 9.48. The van der Waals surface area contributed by atoms with Gasteiger partial charge in [-0.2, -0.15) is 5.10 Å². The van der Waals surface area contributed by atoms with Crippen molar-refractivity contribution >= 4 is 22.6 Å². The minimum Gasteiger partial charge on any atom is -0.462 e. The molecule has 0 saturated heterocycles. The average Bonchev–Trinajstić information content (AvgIpc) is 3.32. The molecule has 2 aromatic heterocycles. The number of nitro groups is 1. The fraction of sp³-hybridized carbons (Fsp3) is 0.150. The number of nitrogens with zero attached hydrogens (tertiary/aromatic N) is 5. The molecular weight excluding hydrogens is 420 g/mol. The standard InChI is InChI=1S/C20H16N6O6/c27-18-14-4-1-2-5-15(14)23-20(29)24(18)8-3-9-32-19(28)13-6-7-16(17(10-13)26(30)31)25-12-21-11-22-25/h1-2,4-7,10-12H,3,8-9H2,(H,23,29). The van der Waals surface area contributed by atoms with Crippen LogP contribution in [0.2, 0.25) is 0 Å². The summed E-state index contributed by atoms with van der Waals surface area (Å²) >= 11 is 0. The van der Waals surface area contributed by atoms with Crippen LogP contribution in [0, 0.1) is 10.1 Å². The van der Waals surface area contributed by atoms with Crippen molar-refractivity contribution in [1.82, 2.24) is 24.3 Å². The Bertz CT molecular complexity index is 1420. The Morgan fingerprint density at radius 3 is 2.75 bits per heavy atom. The summed E-state index contributed by atoms with van der Waals surface area (Å²) in [5.41, 5.74) is -0.741. The zero-order chi connectivity index (χ0) is 22.7. The lowest BCUT2D eigenvalue weighted by atomic mass is 10.1. The third kappa shape index (κ3) is 4.01. The van der Waals surface area contributed by atoms with E-state index in [1.54, 1.807) is 24.3 Å². The van der Waals surface area contributed by atoms with Crippen LogP contribution >= 0.6 is 0 Å². The molecule has 0 fully saturated rings. The molecule has 4 rings (SSSR count). The van der Waals surface area contributed by atoms with Gasteiger partial charge < -0.3 is 9.72 Å². The summed E-state index contributed by atoms with van der Waals surface area (Å²) in [6, 6.07) is 10.5. The van der Waals surface area contributed by atoms with Crippen LogP contribution in [0.3, 0.4) is 0 Å². The predicted octanol–water partition coefficient (Wildman–Crippen LogP) is 1.43. The first-order chi connectivity index (χ1) is 15.5. The van der Waals surface area contributed by atoms with Gasteiger partial charge in [-0.25, -0.2) is 19.3 Å². The van der Waals surface area contributed by atoms with E-state index in [1.165, 1.54) is 29.5 Å². The molecular formula is C20H16N6O6. The van der Waals surface area contributed by atoms with E-state index in [1.807, 2.05) is 0 Å². The van der Waals surface area contributed by atoms with Crippen molar-refractivity contribution in [2.24, 2.45) is 0 Å². The number of ether oxygens (including phenoxy) is 1. The number of aromatic amines is 1. The van der Waals surface area contributed by atoms with Crippen molar-refractivity contribution in [1.29, 1.82) is 0 Å². The smallest absolute Gasteiger partial charge is 0.338 e. The maximum atomic E-state index is 12.5. The van der Waals surface area contributed by atoms with Gasteiger partial charge >= 0.3 is 11.7 Å². The van der Waals surface area contributed by atoms with Gasteiger partial charge in [-0.1, -0.05) is 12.1 Å². The number of hydrogen-bond donors (Lipinski definition) is 1. The van der Waals surface area contributed by atoms with Gasteiger partial charge in [-0.3, -0.25) is 19.5 Å². The number of benzene rings is 2. The van der Waals surface area contributed by atoms with Crippen LogP contribution in [0.1, 0.15) is 16.8 Å². The number of hydrogen-bond acceptors (Lipinski definition) is 8. The predicted molar refractivity (Wildman–Crippen MR) is 112 cm³/mol. The van der Waals surface area contributed by atoms with Crippen molar-refractivity contribution in [3.05, 3.63) is 91.6 Å². The van der Waals surface area contributed by atoms with Gasteiger partial charge in [0.2, 0.25) is 0 Å². The molecule has 162 valence electrons. The van der Waals surface area contributed by atoms with E-state index in [0.29, 0.717) is 10.9 Å². The highest BCUT2D eigenvalue weighted by molar-refractivity contribution is 5.90. The lowest BCUT2D eigenvalue weighted by Gasteiger charge is -2.08. The van der Waals surface area contributed by atoms with Crippen molar-refractivity contribution < 1.29 is 14.5 Å². The highest BCUT2D eigenvalue weighted by Gasteiger charge is 2.20. The Kier molecular flexibility index (Phi) is 5.57. The molecule has 0 saturated carbocycles. The van der Waals surface area contributed by atoms with Crippen molar-refractivity contribution in [2.45, 2.75) is 13.0 Å². The number of carbonyl (C=O) groups excluding carboxylic acids is 1. The number of rotatable bonds is 7. The summed E-state index contributed by atoms with van der Waals surface area (Å²) in [4.78, 5) is 54.1. The Morgan fingerprint density at radius 1 is 1.19 bits per heavy atom. The number of para-hydroxylation sites is 1. The summed E-state index contributed by atoms with van der Waals surface area (Å²) in [6.45, 7) is -0.0478. The summed E-state index contributed by atoms with van der Waals surface area (Å²) < 4.78 is 7.41. The normalized spacial score (nSPS) is 10.9. The maximum absolute atomic E-state index is 12.5. The largest absolute Gasteiger partial charge is 0.462 e. The molecule has 1 N–H and O–H groups in total. The molecule has 0 atom stereocenters. The van der Waals surface area contributed by atoms with E-state index in [9.17, 15) is 24.5 Å². The molecule has 12 heteroatoms. The summed E-state index contributed by atoms with van der Waals surface area (Å²) in [6.07, 6.45) is 2.74. The van der Waals surface area contributed by atoms with Gasteiger partial charge in [0.05, 0.1) is 28.0 Å². The number of nitro benzene ring substituents is 1. The van der Waals surface area contributed by atoms with E-state index in [4.69, 9.17) is 4.74 Å². The molecule has 32 heavy (non-hydrogen) atoms. The highest BCUT2D eigenvalue weighted by atomic mass is 16.6. The minimum atomic E-state index is -0.766. The Hall–Kier alpha value is -4.61. The molecule has 0 aliphatic heterocycles. The van der Waals surface area contributed by atoms with Gasteiger partial charge in [-0.05, 0) is 30.7 Å². The fourth-order valence-electron chi connectivity index (χ4n) is 3.20. The van der Waals surface area contributed by atoms with E-state index in [0.717, 1.165) is 10.6 Å². The van der Waals surface area contributed by atoms with Crippen LogP contribution in [0.4, 0.5) is 5.69 Å². The van der Waals surface area contributed by atoms with Gasteiger partial charge in [0, 0.05) is 12.6 Å². The molecule has 0 radical (unpaired) electrons. The SMILES string of the molecule is O=C(OCCCn1c(=O)[nH]c2ccccc2c1=O)c1ccc(-n2cncn2)c([N+](=O)[O-])c1. The lowest BCUT2D eigenvalue weighted by molar-refractivity contribution is -0.384. The molecule has 2 aromatic carbocycles. The second-order valence-corrected chi connectivity index (χ2v) is 6.72. The van der Waals surface area contributed by atoms with Crippen LogP contribution < -0.4 is 11.2 Å². The number of nitrogens with one attached hydrogen (secondary N) is 1. The number of carbonyl (C=O) groups is 1. The van der Waals surface area contributed by atoms with Crippen molar-refractivity contribution in [3.8, 4) is 5.69 Å². The fourth-order valence-corrected chi connectivity index (χ4v) is 3.20. The van der Waals surface area contributed by atoms with E-state index < -0.39 is 22.1 Å². The van der Waals surface area contributed by atoms with Crippen LogP contribution in [0.5, 0.6) is 0 Å². The number of H-pyrrole nitrogens is 1. The van der Waals surface area contributed by atoms with Gasteiger partial charge in [-0.15, -0.1) is 0 Å². The first kappa shape index (κ1) is 20.7. The van der Waals surface area contributed by atoms with Gasteiger partial charge in [0.25, 0.3) is 11.2 Å². The maximum Gasteiger partial charge on any atom is 0.338 e. The second kappa shape index (κ2) is 8.63. The van der Waals surface area contributed by atoms with E-state index in [-0.39, 0.29) is 36.5 Å². The summed E-state index contributed by atoms with van der Waals surface area (Å²) in [7, 11) is 0. The number of esters is 1. The summed E-state index contributed by atoms with van der Waals surface area (Å²) in [5, 5.41) is 15.6. The van der Waals surface area contributed by atoms with Crippen molar-refractivity contribution in [3.63, 3.8) is 0 Å². The quantitative estimate of drug-likeness (QED) is 0.197. The zero-order valence-corrected chi connectivity index (χ0v) is 16.5. The van der Waals surface area contributed by atoms with Crippen LogP contribution in [0.15, 0.2) is 64.7 Å². The van der Waals surface area contributed by atoms with Crippen LogP contribution in [-0.2, 0) is 11.3 Å². The lowest BCUT2D eigenvalue weighted by Crippen LogP contribution is -2.35. The topological polar surface area (TPSA) is 155 Å². The Morgan fingerprint density at radius 2 is 2.00 bits per heavy atom. The zero-order valence-electron chi connectivity index (χ0n) is 16.5. The molecule has 2 heterocycles. The van der Waals surface area contributed by atoms with Crippen LogP contribution in [0.25, 0.3) is 16.6 Å². The second-order valence-electron chi connectivity index (χ2n) is 6.72. The number of fused-ring (bicyclic) bond motifs is 1. The third-order valence-electron chi connectivity index (χ3n) is 4.72. The van der Waals surface area contributed by atoms with E-state index >= 15 is 0 Å². The average molecular weight is 436 g/mol. The summed E-state index contributed by atoms with van der Waals surface area (Å²) in [5.74, 6) is -0.766. The first-order valence-corrected chi connectivity index (χ1v) is 9.48. The van der Waals surface area contributed by atoms with Crippen LogP contribution in [-0.4, -0.2) is 41.8 Å². The molecule has 4 aromatic rings. The molecule has 0 bridgehead atoms. The highest BCUT2D eigenvalue weighted by Crippen LogP contribution is 2.23. The minimum absolute atomic E-state index is 0.0127. The monoisotopic (exact) mass is 436 g/mol. The third-order valence-corrected chi connectivity index (χ3v) is 4.72. The van der Waals surface area contributed by atoms with E-state index in [2.05, 4.69) is 15.1 Å². The van der Waals surface area contributed by atoms with Gasteiger partial charge in [0.1, 0.15) is 18.3 Å². The molecule has 0 aliphatic rings.